The molecule has 8 heteroatoms. The molecule has 3 atom stereocenters. The maximum absolute atomic E-state index is 10.2. The summed E-state index contributed by atoms with van der Waals surface area (Å²) in [6.45, 7) is 4.05. The highest BCUT2D eigenvalue weighted by molar-refractivity contribution is 6.00. The monoisotopic (exact) mass is 370 g/mol. The van der Waals surface area contributed by atoms with Gasteiger partial charge < -0.3 is 24.7 Å². The maximum Gasteiger partial charge on any atom is 0.293 e. The van der Waals surface area contributed by atoms with Crippen molar-refractivity contribution in [2.24, 2.45) is 21.6 Å². The van der Waals surface area contributed by atoms with Crippen LogP contribution in [0.1, 0.15) is 25.3 Å². The first-order valence-electron chi connectivity index (χ1n) is 8.66. The van der Waals surface area contributed by atoms with E-state index in [-0.39, 0.29) is 19.0 Å². The Morgan fingerprint density at radius 1 is 1.07 bits per heavy atom. The smallest absolute Gasteiger partial charge is 0.293 e. The second-order valence-electron chi connectivity index (χ2n) is 6.33. The summed E-state index contributed by atoms with van der Waals surface area (Å²) in [5.74, 6) is -1.10. The molecule has 1 aliphatic heterocycles. The number of benzene rings is 1. The Kier molecular flexibility index (Phi) is 4.51. The van der Waals surface area contributed by atoms with E-state index in [0.29, 0.717) is 17.1 Å². The van der Waals surface area contributed by atoms with Gasteiger partial charge in [0.2, 0.25) is 0 Å². The molecule has 8 nitrogen and oxygen atoms in total. The van der Waals surface area contributed by atoms with Crippen molar-refractivity contribution in [2.75, 3.05) is 27.4 Å². The molecule has 1 saturated carbocycles. The van der Waals surface area contributed by atoms with Crippen LogP contribution in [-0.4, -0.2) is 39.2 Å². The van der Waals surface area contributed by atoms with Gasteiger partial charge in [0.25, 0.3) is 5.91 Å². The predicted molar refractivity (Wildman–Crippen MR) is 96.0 cm³/mol. The number of methoxy groups -OCH3 is 2. The molecule has 0 unspecified atom stereocenters. The van der Waals surface area contributed by atoms with Crippen molar-refractivity contribution in [1.29, 1.82) is 10.5 Å². The summed E-state index contributed by atoms with van der Waals surface area (Å²) in [5, 5.41) is 20.2. The molecular weight excluding hydrogens is 348 g/mol. The zero-order chi connectivity index (χ0) is 19.9. The number of ether oxygens (including phenoxy) is 4. The van der Waals surface area contributed by atoms with Gasteiger partial charge in [0.1, 0.15) is 11.3 Å². The Balaban J connectivity index is 2.21. The standard InChI is InChI=1S/C19H22N4O4/c1-5-26-19(27-6-2)18(11-21)15(17(18,10-20)16(22)23-19)12-7-8-13(24-3)14(9-12)25-4/h7-9,15H,5-6H2,1-4H3,(H2,22,23)/t15-,17-,18+/m0/s1. The second kappa shape index (κ2) is 6.41. The fourth-order valence-corrected chi connectivity index (χ4v) is 4.28. The lowest BCUT2D eigenvalue weighted by atomic mass is 9.93. The van der Waals surface area contributed by atoms with E-state index in [4.69, 9.17) is 24.7 Å². The molecular formula is C19H22N4O4. The van der Waals surface area contributed by atoms with E-state index in [1.807, 2.05) is 0 Å². The number of aliphatic imine (C=N–C) groups is 1. The van der Waals surface area contributed by atoms with Crippen LogP contribution in [0, 0.1) is 33.5 Å². The largest absolute Gasteiger partial charge is 0.493 e. The van der Waals surface area contributed by atoms with Crippen LogP contribution in [0.3, 0.4) is 0 Å². The van der Waals surface area contributed by atoms with E-state index in [2.05, 4.69) is 17.1 Å². The van der Waals surface area contributed by atoms with E-state index >= 15 is 0 Å². The molecule has 1 aromatic rings. The molecule has 0 saturated heterocycles. The minimum Gasteiger partial charge on any atom is -0.493 e. The molecule has 1 heterocycles. The van der Waals surface area contributed by atoms with Crippen molar-refractivity contribution in [3.8, 4) is 23.6 Å². The van der Waals surface area contributed by atoms with Crippen LogP contribution in [0.15, 0.2) is 23.2 Å². The molecule has 1 aliphatic carbocycles. The zero-order valence-electron chi connectivity index (χ0n) is 15.8. The predicted octanol–water partition coefficient (Wildman–Crippen LogP) is 1.92. The first-order chi connectivity index (χ1) is 13.0. The van der Waals surface area contributed by atoms with Gasteiger partial charge >= 0.3 is 0 Å². The van der Waals surface area contributed by atoms with Gasteiger partial charge in [-0.25, -0.2) is 4.99 Å². The van der Waals surface area contributed by atoms with E-state index in [1.165, 1.54) is 14.2 Å². The van der Waals surface area contributed by atoms with Crippen molar-refractivity contribution < 1.29 is 18.9 Å². The number of nitriles is 2. The highest BCUT2D eigenvalue weighted by atomic mass is 16.7. The lowest BCUT2D eigenvalue weighted by molar-refractivity contribution is -0.255. The van der Waals surface area contributed by atoms with Crippen molar-refractivity contribution in [2.45, 2.75) is 25.7 Å². The fourth-order valence-electron chi connectivity index (χ4n) is 4.28. The van der Waals surface area contributed by atoms with Gasteiger partial charge in [-0.15, -0.1) is 0 Å². The Hall–Kier alpha value is -2.81. The first kappa shape index (κ1) is 19.0. The number of amidine groups is 1. The average molecular weight is 370 g/mol. The highest BCUT2D eigenvalue weighted by Gasteiger charge is 2.93. The van der Waals surface area contributed by atoms with Gasteiger partial charge in [-0.1, -0.05) is 6.07 Å². The molecule has 1 fully saturated rings. The molecule has 0 bridgehead atoms. The average Bonchev–Trinajstić information content (AvgIpc) is 3.26. The summed E-state index contributed by atoms with van der Waals surface area (Å²) < 4.78 is 22.3. The van der Waals surface area contributed by atoms with Crippen molar-refractivity contribution in [3.63, 3.8) is 0 Å². The third-order valence-corrected chi connectivity index (χ3v) is 5.35. The van der Waals surface area contributed by atoms with Gasteiger partial charge in [0, 0.05) is 19.1 Å². The molecule has 2 N–H and O–H groups in total. The Bertz CT molecular complexity index is 865. The van der Waals surface area contributed by atoms with Gasteiger partial charge in [-0.2, -0.15) is 10.5 Å². The third-order valence-electron chi connectivity index (χ3n) is 5.35. The highest BCUT2D eigenvalue weighted by Crippen LogP contribution is 2.82. The zero-order valence-corrected chi connectivity index (χ0v) is 15.8. The van der Waals surface area contributed by atoms with E-state index in [1.54, 1.807) is 32.0 Å². The molecule has 142 valence electrons. The van der Waals surface area contributed by atoms with Crippen LogP contribution >= 0.6 is 0 Å². The lowest BCUT2D eigenvalue weighted by Gasteiger charge is -2.31. The van der Waals surface area contributed by atoms with E-state index < -0.39 is 22.7 Å². The van der Waals surface area contributed by atoms with Gasteiger partial charge in [0.15, 0.2) is 16.9 Å². The van der Waals surface area contributed by atoms with Crippen LogP contribution in [0.4, 0.5) is 0 Å². The van der Waals surface area contributed by atoms with Gasteiger partial charge in [-0.3, -0.25) is 0 Å². The Labute approximate surface area is 158 Å². The van der Waals surface area contributed by atoms with Crippen LogP contribution in [0.2, 0.25) is 0 Å². The van der Waals surface area contributed by atoms with Crippen molar-refractivity contribution in [1.82, 2.24) is 0 Å². The molecule has 3 rings (SSSR count). The number of nitrogens with two attached hydrogens (primary N) is 1. The van der Waals surface area contributed by atoms with Crippen molar-refractivity contribution in [3.05, 3.63) is 23.8 Å². The number of hydrogen-bond acceptors (Lipinski definition) is 8. The van der Waals surface area contributed by atoms with Crippen molar-refractivity contribution >= 4 is 5.84 Å². The SMILES string of the molecule is CCOC1(OCC)N=C(N)[C@]2(C#N)[C@H](c3ccc(OC)c(OC)c3)[C@@]12C#N. The summed E-state index contributed by atoms with van der Waals surface area (Å²) in [7, 11) is 3.06. The molecule has 0 amide bonds. The minimum absolute atomic E-state index is 0.0493. The summed E-state index contributed by atoms with van der Waals surface area (Å²) in [6, 6.07) is 9.77. The van der Waals surface area contributed by atoms with Crippen LogP contribution < -0.4 is 15.2 Å². The lowest BCUT2D eigenvalue weighted by Crippen LogP contribution is -2.43. The summed E-state index contributed by atoms with van der Waals surface area (Å²) in [5.41, 5.74) is 4.17. The van der Waals surface area contributed by atoms with Gasteiger partial charge in [0.05, 0.1) is 26.4 Å². The second-order valence-corrected chi connectivity index (χ2v) is 6.33. The van der Waals surface area contributed by atoms with Gasteiger partial charge in [-0.05, 0) is 31.5 Å². The molecule has 27 heavy (non-hydrogen) atoms. The summed E-state index contributed by atoms with van der Waals surface area (Å²) in [4.78, 5) is 4.32. The molecule has 0 spiro atoms. The fraction of sp³-hybridized carbons (Fsp3) is 0.526. The maximum atomic E-state index is 10.2. The minimum atomic E-state index is -1.62. The summed E-state index contributed by atoms with van der Waals surface area (Å²) in [6.07, 6.45) is 0. The molecule has 1 aromatic carbocycles. The van der Waals surface area contributed by atoms with Crippen LogP contribution in [-0.2, 0) is 9.47 Å². The first-order valence-corrected chi connectivity index (χ1v) is 8.66. The molecule has 2 aliphatic rings. The van der Waals surface area contributed by atoms with E-state index in [0.717, 1.165) is 0 Å². The molecule has 0 radical (unpaired) electrons. The van der Waals surface area contributed by atoms with Crippen LogP contribution in [0.5, 0.6) is 11.5 Å². The van der Waals surface area contributed by atoms with Crippen LogP contribution in [0.25, 0.3) is 0 Å². The normalized spacial score (nSPS) is 29.9. The Morgan fingerprint density at radius 3 is 2.19 bits per heavy atom. The number of fused-ring (bicyclic) bond motifs is 1. The molecule has 0 aromatic heterocycles. The number of hydrogen-bond donors (Lipinski definition) is 1. The third kappa shape index (κ3) is 2.05. The number of nitrogens with zero attached hydrogens (tertiary/aromatic N) is 3. The van der Waals surface area contributed by atoms with E-state index in [9.17, 15) is 10.5 Å². The Morgan fingerprint density at radius 2 is 1.70 bits per heavy atom. The number of rotatable bonds is 7. The quantitative estimate of drug-likeness (QED) is 0.727. The summed E-state index contributed by atoms with van der Waals surface area (Å²) >= 11 is 0. The topological polar surface area (TPSA) is 123 Å².